The molecule has 1 aromatic rings. The molecule has 0 spiro atoms. The standard InChI is InChI=1S/C12H14ClNO5S/c1-19-10-5-9(13)2-3-11(10)20(17,18)14-6-8(7-14)4-12(15)16/h2-3,5,8H,4,6-7H2,1H3,(H,15,16). The maximum atomic E-state index is 12.4. The molecular weight excluding hydrogens is 306 g/mol. The van der Waals surface area contributed by atoms with E-state index in [2.05, 4.69) is 0 Å². The maximum absolute atomic E-state index is 12.4. The SMILES string of the molecule is COc1cc(Cl)ccc1S(=O)(=O)N1CC(CC(=O)O)C1. The molecule has 0 atom stereocenters. The Balaban J connectivity index is 2.19. The van der Waals surface area contributed by atoms with E-state index in [-0.39, 0.29) is 36.1 Å². The van der Waals surface area contributed by atoms with Crippen LogP contribution in [-0.2, 0) is 14.8 Å². The third kappa shape index (κ3) is 2.89. The molecule has 0 amide bonds. The summed E-state index contributed by atoms with van der Waals surface area (Å²) in [6, 6.07) is 4.30. The first-order chi connectivity index (χ1) is 9.34. The minimum Gasteiger partial charge on any atom is -0.495 e. The summed E-state index contributed by atoms with van der Waals surface area (Å²) >= 11 is 5.80. The number of ether oxygens (including phenoxy) is 1. The Hall–Kier alpha value is -1.31. The largest absolute Gasteiger partial charge is 0.495 e. The first-order valence-electron chi connectivity index (χ1n) is 5.90. The number of carboxylic acids is 1. The Morgan fingerprint density at radius 3 is 2.70 bits per heavy atom. The number of carbonyl (C=O) groups is 1. The lowest BCUT2D eigenvalue weighted by atomic mass is 10.00. The number of methoxy groups -OCH3 is 1. The molecule has 0 aliphatic carbocycles. The van der Waals surface area contributed by atoms with Crippen LogP contribution in [0, 0.1) is 5.92 Å². The molecule has 0 saturated carbocycles. The van der Waals surface area contributed by atoms with Gasteiger partial charge < -0.3 is 9.84 Å². The third-order valence-corrected chi connectivity index (χ3v) is 5.24. The second-order valence-electron chi connectivity index (χ2n) is 4.58. The zero-order valence-electron chi connectivity index (χ0n) is 10.7. The van der Waals surface area contributed by atoms with Gasteiger partial charge in [-0.05, 0) is 18.1 Å². The van der Waals surface area contributed by atoms with E-state index in [9.17, 15) is 13.2 Å². The van der Waals surface area contributed by atoms with E-state index in [4.69, 9.17) is 21.4 Å². The summed E-state index contributed by atoms with van der Waals surface area (Å²) in [5.74, 6) is -0.879. The molecule has 1 fully saturated rings. The number of carboxylic acid groups (broad SMARTS) is 1. The highest BCUT2D eigenvalue weighted by Crippen LogP contribution is 2.33. The van der Waals surface area contributed by atoms with Crippen molar-refractivity contribution in [2.75, 3.05) is 20.2 Å². The monoisotopic (exact) mass is 319 g/mol. The lowest BCUT2D eigenvalue weighted by molar-refractivity contribution is -0.139. The second kappa shape index (κ2) is 5.59. The van der Waals surface area contributed by atoms with Gasteiger partial charge in [-0.3, -0.25) is 4.79 Å². The molecular formula is C12H14ClNO5S. The van der Waals surface area contributed by atoms with Crippen LogP contribution in [0.3, 0.4) is 0 Å². The average molecular weight is 320 g/mol. The van der Waals surface area contributed by atoms with Crippen LogP contribution in [0.2, 0.25) is 5.02 Å². The van der Waals surface area contributed by atoms with Crippen molar-refractivity contribution in [3.63, 3.8) is 0 Å². The van der Waals surface area contributed by atoms with E-state index in [1.165, 1.54) is 29.6 Å². The van der Waals surface area contributed by atoms with Crippen molar-refractivity contribution in [2.45, 2.75) is 11.3 Å². The Labute approximate surface area is 122 Å². The summed E-state index contributed by atoms with van der Waals surface area (Å²) in [5, 5.41) is 9.05. The van der Waals surface area contributed by atoms with E-state index in [0.717, 1.165) is 0 Å². The number of hydrogen-bond acceptors (Lipinski definition) is 4. The Morgan fingerprint density at radius 1 is 1.50 bits per heavy atom. The van der Waals surface area contributed by atoms with Gasteiger partial charge in [-0.2, -0.15) is 4.31 Å². The summed E-state index contributed by atoms with van der Waals surface area (Å²) in [5.41, 5.74) is 0. The molecule has 1 aromatic carbocycles. The van der Waals surface area contributed by atoms with Gasteiger partial charge in [-0.15, -0.1) is 0 Å². The number of hydrogen-bond donors (Lipinski definition) is 1. The molecule has 6 nitrogen and oxygen atoms in total. The van der Waals surface area contributed by atoms with Gasteiger partial charge in [0.2, 0.25) is 10.0 Å². The number of nitrogens with zero attached hydrogens (tertiary/aromatic N) is 1. The highest BCUT2D eigenvalue weighted by Gasteiger charge is 2.38. The molecule has 1 heterocycles. The van der Waals surface area contributed by atoms with Crippen molar-refractivity contribution >= 4 is 27.6 Å². The Bertz CT molecular complexity index is 625. The Morgan fingerprint density at radius 2 is 2.15 bits per heavy atom. The van der Waals surface area contributed by atoms with Crippen molar-refractivity contribution in [3.8, 4) is 5.75 Å². The molecule has 1 saturated heterocycles. The summed E-state index contributed by atoms with van der Waals surface area (Å²) in [7, 11) is -2.30. The molecule has 0 aromatic heterocycles. The molecule has 2 rings (SSSR count). The number of aliphatic carboxylic acids is 1. The van der Waals surface area contributed by atoms with Crippen molar-refractivity contribution in [1.29, 1.82) is 0 Å². The van der Waals surface area contributed by atoms with Crippen LogP contribution in [0.4, 0.5) is 0 Å². The van der Waals surface area contributed by atoms with Gasteiger partial charge in [0.05, 0.1) is 13.5 Å². The van der Waals surface area contributed by atoms with Crippen molar-refractivity contribution in [1.82, 2.24) is 4.31 Å². The highest BCUT2D eigenvalue weighted by atomic mass is 35.5. The van der Waals surface area contributed by atoms with Crippen molar-refractivity contribution < 1.29 is 23.1 Å². The minimum absolute atomic E-state index is 0.0240. The fourth-order valence-corrected chi connectivity index (χ4v) is 3.98. The molecule has 0 radical (unpaired) electrons. The number of rotatable bonds is 5. The molecule has 1 aliphatic heterocycles. The molecule has 20 heavy (non-hydrogen) atoms. The second-order valence-corrected chi connectivity index (χ2v) is 6.92. The molecule has 110 valence electrons. The number of sulfonamides is 1. The van der Waals surface area contributed by atoms with Crippen molar-refractivity contribution in [3.05, 3.63) is 23.2 Å². The third-order valence-electron chi connectivity index (χ3n) is 3.13. The van der Waals surface area contributed by atoms with Crippen LogP contribution < -0.4 is 4.74 Å². The van der Waals surface area contributed by atoms with E-state index < -0.39 is 16.0 Å². The average Bonchev–Trinajstić information content (AvgIpc) is 2.32. The summed E-state index contributed by atoms with van der Waals surface area (Å²) in [4.78, 5) is 10.6. The van der Waals surface area contributed by atoms with Crippen molar-refractivity contribution in [2.24, 2.45) is 5.92 Å². The van der Waals surface area contributed by atoms with Crippen LogP contribution in [0.15, 0.2) is 23.1 Å². The molecule has 0 bridgehead atoms. The van der Waals surface area contributed by atoms with E-state index in [1.54, 1.807) is 0 Å². The fourth-order valence-electron chi connectivity index (χ4n) is 2.09. The predicted octanol–water partition coefficient (Wildman–Crippen LogP) is 1.44. The van der Waals surface area contributed by atoms with E-state index in [1.807, 2.05) is 0 Å². The zero-order chi connectivity index (χ0) is 14.9. The summed E-state index contributed by atoms with van der Waals surface area (Å²) < 4.78 is 31.1. The first-order valence-corrected chi connectivity index (χ1v) is 7.72. The normalized spacial score (nSPS) is 16.7. The van der Waals surface area contributed by atoms with Crippen LogP contribution >= 0.6 is 11.6 Å². The van der Waals surface area contributed by atoms with E-state index in [0.29, 0.717) is 5.02 Å². The van der Waals surface area contributed by atoms with Gasteiger partial charge in [-0.1, -0.05) is 11.6 Å². The fraction of sp³-hybridized carbons (Fsp3) is 0.417. The van der Waals surface area contributed by atoms with Gasteiger partial charge in [0.25, 0.3) is 0 Å². The minimum atomic E-state index is -3.67. The molecule has 1 aliphatic rings. The molecule has 8 heteroatoms. The number of benzene rings is 1. The topological polar surface area (TPSA) is 83.9 Å². The lowest BCUT2D eigenvalue weighted by Crippen LogP contribution is -2.50. The smallest absolute Gasteiger partial charge is 0.303 e. The quantitative estimate of drug-likeness (QED) is 0.888. The Kier molecular flexibility index (Phi) is 4.22. The van der Waals surface area contributed by atoms with Crippen LogP contribution in [0.5, 0.6) is 5.75 Å². The van der Waals surface area contributed by atoms with Gasteiger partial charge in [0.1, 0.15) is 10.6 Å². The van der Waals surface area contributed by atoms with Crippen LogP contribution in [0.25, 0.3) is 0 Å². The van der Waals surface area contributed by atoms with Gasteiger partial charge in [0, 0.05) is 24.2 Å². The summed E-state index contributed by atoms with van der Waals surface area (Å²) in [6.07, 6.45) is -0.0240. The van der Waals surface area contributed by atoms with Crippen LogP contribution in [0.1, 0.15) is 6.42 Å². The first kappa shape index (κ1) is 15.1. The van der Waals surface area contributed by atoms with Crippen LogP contribution in [-0.4, -0.2) is 44.0 Å². The highest BCUT2D eigenvalue weighted by molar-refractivity contribution is 7.89. The van der Waals surface area contributed by atoms with Gasteiger partial charge in [-0.25, -0.2) is 8.42 Å². The predicted molar refractivity (Wildman–Crippen MR) is 72.5 cm³/mol. The van der Waals surface area contributed by atoms with Gasteiger partial charge >= 0.3 is 5.97 Å². The molecule has 1 N–H and O–H groups in total. The molecule has 0 unspecified atom stereocenters. The van der Waals surface area contributed by atoms with Gasteiger partial charge in [0.15, 0.2) is 0 Å². The number of halogens is 1. The summed E-state index contributed by atoms with van der Waals surface area (Å²) in [6.45, 7) is 0.417. The zero-order valence-corrected chi connectivity index (χ0v) is 12.3. The lowest BCUT2D eigenvalue weighted by Gasteiger charge is -2.37. The maximum Gasteiger partial charge on any atom is 0.303 e. The van der Waals surface area contributed by atoms with E-state index >= 15 is 0 Å².